The fourth-order valence-corrected chi connectivity index (χ4v) is 5.97. The molecular weight excluding hydrogens is 324 g/mol. The quantitative estimate of drug-likeness (QED) is 0.594. The van der Waals surface area contributed by atoms with Crippen LogP contribution in [-0.2, 0) is 4.74 Å². The zero-order valence-electron chi connectivity index (χ0n) is 15.3. The van der Waals surface area contributed by atoms with E-state index in [1.54, 1.807) is 0 Å². The maximum Gasteiger partial charge on any atom is 0.162 e. The molecule has 0 aromatic heterocycles. The predicted octanol–water partition coefficient (Wildman–Crippen LogP) is 4.03. The van der Waals surface area contributed by atoms with Gasteiger partial charge in [-0.3, -0.25) is 0 Å². The van der Waals surface area contributed by atoms with Gasteiger partial charge < -0.3 is 14.9 Å². The summed E-state index contributed by atoms with van der Waals surface area (Å²) in [4.78, 5) is 0. The summed E-state index contributed by atoms with van der Waals surface area (Å²) in [6.07, 6.45) is 6.68. The molecule has 24 heavy (non-hydrogen) atoms. The fourth-order valence-electron chi connectivity index (χ4n) is 5.54. The molecule has 1 aliphatic heterocycles. The van der Waals surface area contributed by atoms with Crippen LogP contribution >= 0.6 is 11.6 Å². The van der Waals surface area contributed by atoms with Gasteiger partial charge in [-0.1, -0.05) is 31.6 Å². The average Bonchev–Trinajstić information content (AvgIpc) is 2.88. The van der Waals surface area contributed by atoms with Gasteiger partial charge in [-0.15, -0.1) is 11.6 Å². The maximum absolute atomic E-state index is 11.0. The normalized spacial score (nSPS) is 47.6. The van der Waals surface area contributed by atoms with Crippen LogP contribution in [0.5, 0.6) is 0 Å². The minimum absolute atomic E-state index is 0.0504. The fraction of sp³-hybridized carbons (Fsp3) is 0.800. The van der Waals surface area contributed by atoms with Crippen LogP contribution in [0.4, 0.5) is 0 Å². The molecule has 136 valence electrons. The van der Waals surface area contributed by atoms with Crippen LogP contribution in [0.2, 0.25) is 0 Å². The Kier molecular flexibility index (Phi) is 4.94. The first-order valence-corrected chi connectivity index (χ1v) is 9.59. The topological polar surface area (TPSA) is 49.7 Å². The Morgan fingerprint density at radius 2 is 2.08 bits per heavy atom. The van der Waals surface area contributed by atoms with E-state index < -0.39 is 12.4 Å². The first-order valence-electron chi connectivity index (χ1n) is 9.15. The smallest absolute Gasteiger partial charge is 0.162 e. The molecule has 3 aliphatic rings. The Hall–Kier alpha value is -0.350. The van der Waals surface area contributed by atoms with Crippen molar-refractivity contribution in [2.75, 3.05) is 6.61 Å². The summed E-state index contributed by atoms with van der Waals surface area (Å²) < 4.78 is 5.50. The minimum atomic E-state index is -0.812. The van der Waals surface area contributed by atoms with Crippen molar-refractivity contribution in [1.29, 1.82) is 0 Å². The Labute approximate surface area is 150 Å². The van der Waals surface area contributed by atoms with Crippen LogP contribution in [0.15, 0.2) is 23.3 Å². The van der Waals surface area contributed by atoms with Crippen molar-refractivity contribution in [2.45, 2.75) is 71.1 Å². The van der Waals surface area contributed by atoms with Crippen molar-refractivity contribution in [3.05, 3.63) is 23.3 Å². The second kappa shape index (κ2) is 6.42. The molecule has 0 radical (unpaired) electrons. The summed E-state index contributed by atoms with van der Waals surface area (Å²) in [6, 6.07) is 0. The van der Waals surface area contributed by atoms with Crippen molar-refractivity contribution in [2.24, 2.45) is 22.7 Å². The zero-order valence-corrected chi connectivity index (χ0v) is 16.0. The molecule has 3 nitrogen and oxygen atoms in total. The van der Waals surface area contributed by atoms with Gasteiger partial charge in [0.1, 0.15) is 0 Å². The van der Waals surface area contributed by atoms with Crippen molar-refractivity contribution >= 4 is 11.6 Å². The highest BCUT2D eigenvalue weighted by molar-refractivity contribution is 6.21. The van der Waals surface area contributed by atoms with Gasteiger partial charge in [-0.25, -0.2) is 0 Å². The third-order valence-corrected chi connectivity index (χ3v) is 7.71. The van der Waals surface area contributed by atoms with E-state index in [1.165, 1.54) is 5.57 Å². The minimum Gasteiger partial charge on any atom is -0.392 e. The van der Waals surface area contributed by atoms with Crippen LogP contribution in [0.1, 0.15) is 53.4 Å². The van der Waals surface area contributed by atoms with E-state index in [0.717, 1.165) is 24.8 Å². The molecule has 0 spiro atoms. The lowest BCUT2D eigenvalue weighted by Gasteiger charge is -2.60. The number of hydrogen-bond acceptors (Lipinski definition) is 3. The van der Waals surface area contributed by atoms with Crippen LogP contribution in [0.3, 0.4) is 0 Å². The number of halogens is 1. The van der Waals surface area contributed by atoms with Gasteiger partial charge in [-0.2, -0.15) is 0 Å². The van der Waals surface area contributed by atoms with Crippen molar-refractivity contribution < 1.29 is 14.9 Å². The van der Waals surface area contributed by atoms with Gasteiger partial charge in [0.25, 0.3) is 0 Å². The standard InChI is InChI=1S/C20H31ClO3/c1-12(2)6-5-9-19(3)14-8-7-13-11-24-18(23)17(13)20(14,4)16(22)10-15(19)21/h6-7,14-18,22-23H,5,8-11H2,1-4H3. The molecule has 0 aromatic carbocycles. The van der Waals surface area contributed by atoms with Gasteiger partial charge in [0.05, 0.1) is 12.7 Å². The summed E-state index contributed by atoms with van der Waals surface area (Å²) in [7, 11) is 0. The first-order chi connectivity index (χ1) is 11.2. The largest absolute Gasteiger partial charge is 0.392 e. The maximum atomic E-state index is 11.0. The number of allylic oxidation sites excluding steroid dienone is 3. The van der Waals surface area contributed by atoms with E-state index in [4.69, 9.17) is 16.3 Å². The Morgan fingerprint density at radius 3 is 2.75 bits per heavy atom. The van der Waals surface area contributed by atoms with Gasteiger partial charge >= 0.3 is 0 Å². The Balaban J connectivity index is 1.96. The summed E-state index contributed by atoms with van der Waals surface area (Å²) in [5.74, 6) is 0.130. The number of hydrogen-bond donors (Lipinski definition) is 2. The van der Waals surface area contributed by atoms with E-state index in [-0.39, 0.29) is 28.0 Å². The lowest BCUT2D eigenvalue weighted by atomic mass is 9.46. The number of alkyl halides is 1. The number of aliphatic hydroxyl groups is 2. The van der Waals surface area contributed by atoms with E-state index in [0.29, 0.717) is 13.0 Å². The molecule has 7 atom stereocenters. The van der Waals surface area contributed by atoms with E-state index in [9.17, 15) is 10.2 Å². The van der Waals surface area contributed by atoms with E-state index in [1.807, 2.05) is 0 Å². The average molecular weight is 355 g/mol. The predicted molar refractivity (Wildman–Crippen MR) is 96.8 cm³/mol. The lowest BCUT2D eigenvalue weighted by molar-refractivity contribution is -0.182. The Morgan fingerprint density at radius 1 is 1.38 bits per heavy atom. The van der Waals surface area contributed by atoms with Crippen LogP contribution in [0.25, 0.3) is 0 Å². The lowest BCUT2D eigenvalue weighted by Crippen LogP contribution is -2.61. The number of aliphatic hydroxyl groups excluding tert-OH is 2. The summed E-state index contributed by atoms with van der Waals surface area (Å²) in [5, 5.41) is 21.3. The van der Waals surface area contributed by atoms with E-state index >= 15 is 0 Å². The molecule has 0 bridgehead atoms. The molecule has 1 saturated carbocycles. The van der Waals surface area contributed by atoms with Gasteiger partial charge in [-0.05, 0) is 56.4 Å². The summed E-state index contributed by atoms with van der Waals surface area (Å²) in [6.45, 7) is 9.15. The molecule has 2 aliphatic carbocycles. The monoisotopic (exact) mass is 354 g/mol. The first kappa shape index (κ1) is 18.4. The van der Waals surface area contributed by atoms with Gasteiger partial charge in [0, 0.05) is 16.7 Å². The van der Waals surface area contributed by atoms with Gasteiger partial charge in [0.2, 0.25) is 0 Å². The highest BCUT2D eigenvalue weighted by atomic mass is 35.5. The highest BCUT2D eigenvalue weighted by Crippen LogP contribution is 2.63. The molecule has 2 fully saturated rings. The van der Waals surface area contributed by atoms with Crippen LogP contribution < -0.4 is 0 Å². The molecule has 0 amide bonds. The molecule has 0 aromatic rings. The van der Waals surface area contributed by atoms with Crippen molar-refractivity contribution in [3.63, 3.8) is 0 Å². The molecular formula is C20H31ClO3. The number of ether oxygens (including phenoxy) is 1. The molecule has 1 saturated heterocycles. The van der Waals surface area contributed by atoms with Crippen LogP contribution in [0, 0.1) is 22.7 Å². The summed E-state index contributed by atoms with van der Waals surface area (Å²) >= 11 is 6.80. The van der Waals surface area contributed by atoms with Crippen molar-refractivity contribution in [1.82, 2.24) is 0 Å². The Bertz CT molecular complexity index is 553. The molecule has 7 unspecified atom stereocenters. The van der Waals surface area contributed by atoms with Crippen molar-refractivity contribution in [3.8, 4) is 0 Å². The van der Waals surface area contributed by atoms with Crippen LogP contribution in [-0.4, -0.2) is 34.6 Å². The molecule has 2 N–H and O–H groups in total. The highest BCUT2D eigenvalue weighted by Gasteiger charge is 2.63. The van der Waals surface area contributed by atoms with E-state index in [2.05, 4.69) is 39.8 Å². The number of fused-ring (bicyclic) bond motifs is 3. The van der Waals surface area contributed by atoms with Gasteiger partial charge in [0.15, 0.2) is 6.29 Å². The molecule has 3 rings (SSSR count). The second-order valence-electron chi connectivity index (χ2n) is 8.66. The third kappa shape index (κ3) is 2.68. The second-order valence-corrected chi connectivity index (χ2v) is 9.18. The molecule has 1 heterocycles. The SMILES string of the molecule is CC(C)=CCCC1(C)C(Cl)CC(O)C2(C)C3C(=CCC12)COC3O. The summed E-state index contributed by atoms with van der Waals surface area (Å²) in [5.41, 5.74) is 2.03. The molecule has 4 heteroatoms. The zero-order chi connectivity index (χ0) is 17.7. The third-order valence-electron chi connectivity index (χ3n) is 7.04. The number of rotatable bonds is 3.